The molecule has 3 rings (SSSR count). The number of carbonyl (C=O) groups excluding carboxylic acids is 2. The second-order valence-corrected chi connectivity index (χ2v) is 7.26. The molecule has 0 radical (unpaired) electrons. The summed E-state index contributed by atoms with van der Waals surface area (Å²) < 4.78 is 0. The fourth-order valence-corrected chi connectivity index (χ4v) is 3.58. The number of nitrogens with zero attached hydrogens (tertiary/aromatic N) is 2. The van der Waals surface area contributed by atoms with Gasteiger partial charge in [0.05, 0.1) is 4.88 Å². The maximum Gasteiger partial charge on any atom is 0.264 e. The summed E-state index contributed by atoms with van der Waals surface area (Å²) >= 11 is 7.30. The van der Waals surface area contributed by atoms with Crippen LogP contribution in [0.25, 0.3) is 0 Å². The van der Waals surface area contributed by atoms with Crippen LogP contribution in [0.1, 0.15) is 20.0 Å². The van der Waals surface area contributed by atoms with Gasteiger partial charge in [0.25, 0.3) is 11.8 Å². The molecule has 1 N–H and O–H groups in total. The molecule has 132 valence electrons. The molecule has 25 heavy (non-hydrogen) atoms. The van der Waals surface area contributed by atoms with Crippen LogP contribution in [0.2, 0.25) is 5.02 Å². The Balaban J connectivity index is 1.38. The fraction of sp³-hybridized carbons (Fsp3) is 0.333. The van der Waals surface area contributed by atoms with Crippen molar-refractivity contribution in [3.63, 3.8) is 0 Å². The molecule has 2 amide bonds. The second-order valence-electron chi connectivity index (χ2n) is 5.87. The third kappa shape index (κ3) is 4.81. The van der Waals surface area contributed by atoms with Gasteiger partial charge < -0.3 is 10.2 Å². The van der Waals surface area contributed by atoms with E-state index in [4.69, 9.17) is 11.6 Å². The van der Waals surface area contributed by atoms with Gasteiger partial charge >= 0.3 is 0 Å². The van der Waals surface area contributed by atoms with Crippen molar-refractivity contribution in [2.75, 3.05) is 39.3 Å². The number of nitrogens with one attached hydrogen (secondary N) is 1. The molecule has 7 heteroatoms. The fourth-order valence-electron chi connectivity index (χ4n) is 2.76. The van der Waals surface area contributed by atoms with Crippen LogP contribution >= 0.6 is 22.9 Å². The molecular weight excluding hydrogens is 358 g/mol. The van der Waals surface area contributed by atoms with E-state index in [1.807, 2.05) is 22.4 Å². The van der Waals surface area contributed by atoms with Crippen molar-refractivity contribution in [2.24, 2.45) is 0 Å². The number of thiophene rings is 1. The normalized spacial score (nSPS) is 15.2. The Hall–Kier alpha value is -1.89. The standard InChI is InChI=1S/C18H20ClN3O2S/c19-15-5-3-14(4-6-15)17(23)20-7-8-21-9-11-22(12-10-21)18(24)16-2-1-13-25-16/h1-6,13H,7-12H2,(H,20,23). The first-order valence-corrected chi connectivity index (χ1v) is 9.48. The van der Waals surface area contributed by atoms with E-state index >= 15 is 0 Å². The van der Waals surface area contributed by atoms with Crippen molar-refractivity contribution >= 4 is 34.8 Å². The van der Waals surface area contributed by atoms with Crippen molar-refractivity contribution in [1.82, 2.24) is 15.1 Å². The summed E-state index contributed by atoms with van der Waals surface area (Å²) in [5, 5.41) is 5.46. The first kappa shape index (κ1) is 17.9. The topological polar surface area (TPSA) is 52.7 Å². The molecule has 2 heterocycles. The van der Waals surface area contributed by atoms with E-state index in [2.05, 4.69) is 10.2 Å². The smallest absolute Gasteiger partial charge is 0.264 e. The lowest BCUT2D eigenvalue weighted by atomic mass is 10.2. The number of hydrogen-bond donors (Lipinski definition) is 1. The van der Waals surface area contributed by atoms with E-state index in [0.717, 1.165) is 37.6 Å². The molecule has 0 atom stereocenters. The maximum absolute atomic E-state index is 12.3. The summed E-state index contributed by atoms with van der Waals surface area (Å²) in [5.41, 5.74) is 0.607. The monoisotopic (exact) mass is 377 g/mol. The summed E-state index contributed by atoms with van der Waals surface area (Å²) in [6, 6.07) is 10.6. The lowest BCUT2D eigenvalue weighted by Crippen LogP contribution is -2.50. The summed E-state index contributed by atoms with van der Waals surface area (Å²) in [7, 11) is 0. The van der Waals surface area contributed by atoms with Crippen LogP contribution in [0.5, 0.6) is 0 Å². The Labute approximate surface area is 156 Å². The van der Waals surface area contributed by atoms with Crippen LogP contribution in [0.3, 0.4) is 0 Å². The molecule has 1 aromatic heterocycles. The first-order chi connectivity index (χ1) is 12.1. The van der Waals surface area contributed by atoms with E-state index in [9.17, 15) is 9.59 Å². The molecule has 0 saturated carbocycles. The maximum atomic E-state index is 12.3. The van der Waals surface area contributed by atoms with Crippen LogP contribution in [-0.4, -0.2) is 60.9 Å². The van der Waals surface area contributed by atoms with Crippen LogP contribution in [-0.2, 0) is 0 Å². The van der Waals surface area contributed by atoms with Crippen molar-refractivity contribution in [3.8, 4) is 0 Å². The van der Waals surface area contributed by atoms with E-state index in [1.54, 1.807) is 24.3 Å². The van der Waals surface area contributed by atoms with Crippen LogP contribution in [0.15, 0.2) is 41.8 Å². The van der Waals surface area contributed by atoms with Crippen molar-refractivity contribution < 1.29 is 9.59 Å². The number of piperazine rings is 1. The Morgan fingerprint density at radius 3 is 2.44 bits per heavy atom. The van der Waals surface area contributed by atoms with Gasteiger partial charge in [0.15, 0.2) is 0 Å². The van der Waals surface area contributed by atoms with E-state index < -0.39 is 0 Å². The molecule has 5 nitrogen and oxygen atoms in total. The first-order valence-electron chi connectivity index (χ1n) is 8.22. The second kappa shape index (κ2) is 8.47. The van der Waals surface area contributed by atoms with Crippen LogP contribution < -0.4 is 5.32 Å². The molecule has 1 fully saturated rings. The predicted molar refractivity (Wildman–Crippen MR) is 100 cm³/mol. The van der Waals surface area contributed by atoms with E-state index in [0.29, 0.717) is 17.1 Å². The lowest BCUT2D eigenvalue weighted by Gasteiger charge is -2.34. The third-order valence-electron chi connectivity index (χ3n) is 4.21. The number of hydrogen-bond acceptors (Lipinski definition) is 4. The Kier molecular flexibility index (Phi) is 6.07. The van der Waals surface area contributed by atoms with Gasteiger partial charge in [-0.25, -0.2) is 0 Å². The molecule has 0 aliphatic carbocycles. The highest BCUT2D eigenvalue weighted by Gasteiger charge is 2.22. The van der Waals surface area contributed by atoms with Gasteiger partial charge in [-0.2, -0.15) is 0 Å². The van der Waals surface area contributed by atoms with Crippen molar-refractivity contribution in [3.05, 3.63) is 57.2 Å². The molecule has 1 saturated heterocycles. The summed E-state index contributed by atoms with van der Waals surface area (Å²) in [4.78, 5) is 29.3. The van der Waals surface area contributed by atoms with E-state index in [-0.39, 0.29) is 11.8 Å². The van der Waals surface area contributed by atoms with Crippen molar-refractivity contribution in [1.29, 1.82) is 0 Å². The molecule has 1 aromatic carbocycles. The zero-order valence-electron chi connectivity index (χ0n) is 13.8. The molecule has 0 spiro atoms. The minimum atomic E-state index is -0.0943. The highest BCUT2D eigenvalue weighted by Crippen LogP contribution is 2.13. The van der Waals surface area contributed by atoms with E-state index in [1.165, 1.54) is 11.3 Å². The van der Waals surface area contributed by atoms with Gasteiger partial charge in [0, 0.05) is 49.9 Å². The molecule has 0 bridgehead atoms. The SMILES string of the molecule is O=C(NCCN1CCN(C(=O)c2cccs2)CC1)c1ccc(Cl)cc1. The summed E-state index contributed by atoms with van der Waals surface area (Å²) in [6.07, 6.45) is 0. The van der Waals surface area contributed by atoms with Gasteiger partial charge in [0.2, 0.25) is 0 Å². The molecule has 2 aromatic rings. The average molecular weight is 378 g/mol. The molecule has 1 aliphatic heterocycles. The minimum Gasteiger partial charge on any atom is -0.351 e. The van der Waals surface area contributed by atoms with Gasteiger partial charge in [0.1, 0.15) is 0 Å². The average Bonchev–Trinajstić information content (AvgIpc) is 3.17. The summed E-state index contributed by atoms with van der Waals surface area (Å²) in [5.74, 6) is 0.0221. The van der Waals surface area contributed by atoms with Gasteiger partial charge in [-0.1, -0.05) is 17.7 Å². The number of carbonyl (C=O) groups is 2. The number of halogens is 1. The number of amides is 2. The van der Waals surface area contributed by atoms with Gasteiger partial charge in [-0.3, -0.25) is 14.5 Å². The quantitative estimate of drug-likeness (QED) is 0.871. The highest BCUT2D eigenvalue weighted by molar-refractivity contribution is 7.12. The highest BCUT2D eigenvalue weighted by atomic mass is 35.5. The minimum absolute atomic E-state index is 0.0943. The zero-order chi connectivity index (χ0) is 17.6. The Morgan fingerprint density at radius 1 is 1.08 bits per heavy atom. The van der Waals surface area contributed by atoms with Gasteiger partial charge in [-0.05, 0) is 35.7 Å². The van der Waals surface area contributed by atoms with Crippen LogP contribution in [0, 0.1) is 0 Å². The van der Waals surface area contributed by atoms with Gasteiger partial charge in [-0.15, -0.1) is 11.3 Å². The summed E-state index contributed by atoms with van der Waals surface area (Å²) in [6.45, 7) is 4.46. The largest absolute Gasteiger partial charge is 0.351 e. The van der Waals surface area contributed by atoms with Crippen LogP contribution in [0.4, 0.5) is 0 Å². The molecular formula is C18H20ClN3O2S. The predicted octanol–water partition coefficient (Wildman–Crippen LogP) is 2.59. The third-order valence-corrected chi connectivity index (χ3v) is 5.32. The lowest BCUT2D eigenvalue weighted by molar-refractivity contribution is 0.0643. The zero-order valence-corrected chi connectivity index (χ0v) is 15.4. The Bertz CT molecular complexity index is 710. The number of rotatable bonds is 5. The Morgan fingerprint density at radius 2 is 1.80 bits per heavy atom. The molecule has 0 unspecified atom stereocenters. The van der Waals surface area contributed by atoms with Crippen molar-refractivity contribution in [2.45, 2.75) is 0 Å². The number of benzene rings is 1. The molecule has 1 aliphatic rings.